The van der Waals surface area contributed by atoms with Crippen molar-refractivity contribution in [3.05, 3.63) is 46.8 Å². The quantitative estimate of drug-likeness (QED) is 0.547. The van der Waals surface area contributed by atoms with E-state index in [0.717, 1.165) is 37.1 Å². The summed E-state index contributed by atoms with van der Waals surface area (Å²) in [6.45, 7) is 4.96. The number of fused-ring (bicyclic) bond motifs is 3. The number of anilines is 1. The first-order valence-corrected chi connectivity index (χ1v) is 12.2. The van der Waals surface area contributed by atoms with Crippen LogP contribution in [0.4, 0.5) is 10.2 Å². The fourth-order valence-electron chi connectivity index (χ4n) is 6.26. The Labute approximate surface area is 205 Å². The molecule has 0 unspecified atom stereocenters. The first-order valence-electron chi connectivity index (χ1n) is 11.8. The van der Waals surface area contributed by atoms with E-state index >= 15 is 0 Å². The van der Waals surface area contributed by atoms with Crippen molar-refractivity contribution in [1.82, 2.24) is 19.5 Å². The molecule has 11 heteroatoms. The molecule has 3 aliphatic heterocycles. The second kappa shape index (κ2) is 7.33. The summed E-state index contributed by atoms with van der Waals surface area (Å²) >= 11 is 6.37. The van der Waals surface area contributed by atoms with E-state index in [1.165, 1.54) is 6.07 Å². The number of aliphatic hydroxyl groups excluding tert-OH is 1. The number of aromatic nitrogens is 4. The molecular formula is C24H25ClFN5O4. The van der Waals surface area contributed by atoms with Gasteiger partial charge in [0.05, 0.1) is 12.9 Å². The highest BCUT2D eigenvalue weighted by molar-refractivity contribution is 6.28. The number of ether oxygens (including phenoxy) is 3. The largest absolute Gasteiger partial charge is 0.394 e. The highest BCUT2D eigenvalue weighted by Crippen LogP contribution is 2.48. The van der Waals surface area contributed by atoms with E-state index in [2.05, 4.69) is 19.9 Å². The summed E-state index contributed by atoms with van der Waals surface area (Å²) < 4.78 is 34.3. The molecule has 4 aliphatic rings. The maximum absolute atomic E-state index is 14.3. The van der Waals surface area contributed by atoms with Crippen molar-refractivity contribution < 1.29 is 23.7 Å². The van der Waals surface area contributed by atoms with Crippen LogP contribution in [0, 0.1) is 11.2 Å². The third-order valence-electron chi connectivity index (χ3n) is 7.64. The summed E-state index contributed by atoms with van der Waals surface area (Å²) in [7, 11) is 0. The van der Waals surface area contributed by atoms with Crippen LogP contribution in [0.15, 0.2) is 24.5 Å². The van der Waals surface area contributed by atoms with Gasteiger partial charge in [0.1, 0.15) is 24.1 Å². The molecule has 0 amide bonds. The summed E-state index contributed by atoms with van der Waals surface area (Å²) in [5, 5.41) is 9.94. The van der Waals surface area contributed by atoms with Gasteiger partial charge in [0.15, 0.2) is 29.0 Å². The van der Waals surface area contributed by atoms with Crippen molar-refractivity contribution in [2.75, 3.05) is 24.6 Å². The highest BCUT2D eigenvalue weighted by Gasteiger charge is 2.56. The minimum atomic E-state index is -0.788. The van der Waals surface area contributed by atoms with E-state index in [0.29, 0.717) is 17.0 Å². The first-order chi connectivity index (χ1) is 16.8. The van der Waals surface area contributed by atoms with Gasteiger partial charge in [-0.1, -0.05) is 12.1 Å². The molecule has 2 aromatic heterocycles. The molecule has 4 atom stereocenters. The highest BCUT2D eigenvalue weighted by atomic mass is 35.5. The van der Waals surface area contributed by atoms with E-state index in [4.69, 9.17) is 25.8 Å². The molecule has 0 radical (unpaired) electrons. The predicted octanol–water partition coefficient (Wildman–Crippen LogP) is 2.63. The summed E-state index contributed by atoms with van der Waals surface area (Å²) in [6.07, 6.45) is 1.26. The molecule has 3 fully saturated rings. The second-order valence-corrected chi connectivity index (χ2v) is 10.9. The molecule has 1 aromatic carbocycles. The van der Waals surface area contributed by atoms with Crippen molar-refractivity contribution in [2.45, 2.75) is 57.0 Å². The smallest absolute Gasteiger partial charge is 0.226 e. The van der Waals surface area contributed by atoms with Crippen LogP contribution >= 0.6 is 11.6 Å². The molecule has 7 rings (SSSR count). The molecule has 0 bridgehead atoms. The normalized spacial score (nSPS) is 30.1. The molecule has 0 saturated carbocycles. The van der Waals surface area contributed by atoms with E-state index < -0.39 is 30.3 Å². The SMILES string of the molecule is CC1(C)O[C@@H]2[C@H](O1)[C@@H](CO)O[C@H]2n1cnc2c(N3CC4(Cc5cccc(F)c5C4)C3)nc(Cl)nc21. The topological polar surface area (TPSA) is 94.8 Å². The van der Waals surface area contributed by atoms with E-state index in [1.54, 1.807) is 17.0 Å². The summed E-state index contributed by atoms with van der Waals surface area (Å²) in [5.41, 5.74) is 3.05. The van der Waals surface area contributed by atoms with Crippen molar-refractivity contribution in [1.29, 1.82) is 0 Å². The van der Waals surface area contributed by atoms with Gasteiger partial charge in [0, 0.05) is 18.5 Å². The Hall–Kier alpha value is -2.37. The van der Waals surface area contributed by atoms with Gasteiger partial charge in [-0.25, -0.2) is 9.37 Å². The number of hydrogen-bond donors (Lipinski definition) is 1. The minimum absolute atomic E-state index is 0.00637. The number of aliphatic hydroxyl groups is 1. The first kappa shape index (κ1) is 21.9. The molecule has 1 aliphatic carbocycles. The van der Waals surface area contributed by atoms with Crippen LogP contribution < -0.4 is 4.90 Å². The predicted molar refractivity (Wildman–Crippen MR) is 124 cm³/mol. The average molecular weight is 502 g/mol. The zero-order valence-electron chi connectivity index (χ0n) is 19.3. The summed E-state index contributed by atoms with van der Waals surface area (Å²) in [6, 6.07) is 5.33. The summed E-state index contributed by atoms with van der Waals surface area (Å²) in [4.78, 5) is 15.7. The Balaban J connectivity index is 1.20. The third-order valence-corrected chi connectivity index (χ3v) is 7.81. The van der Waals surface area contributed by atoms with Crippen LogP contribution in [-0.2, 0) is 27.1 Å². The lowest BCUT2D eigenvalue weighted by Gasteiger charge is -2.49. The lowest BCUT2D eigenvalue weighted by atomic mass is 9.77. The van der Waals surface area contributed by atoms with Crippen LogP contribution in [0.25, 0.3) is 11.2 Å². The lowest BCUT2D eigenvalue weighted by Crippen LogP contribution is -2.57. The molecule has 1 N–H and O–H groups in total. The Bertz CT molecular complexity index is 1340. The maximum atomic E-state index is 14.3. The zero-order chi connectivity index (χ0) is 24.1. The molecule has 5 heterocycles. The molecule has 1 spiro atoms. The number of nitrogens with zero attached hydrogens (tertiary/aromatic N) is 5. The Kier molecular flexibility index (Phi) is 4.58. The third kappa shape index (κ3) is 3.24. The number of imidazole rings is 1. The standard InChI is InChI=1S/C24H25ClFN5O4/c1-23(2)34-17-15(8-32)33-21(18(17)35-23)31-11-27-16-19(28-22(25)29-20(16)31)30-9-24(10-30)6-12-4-3-5-14(26)13(12)7-24/h3-5,11,15,17-18,21,32H,6-10H2,1-2H3/t15-,17-,18-,21-/m1/s1. The van der Waals surface area contributed by atoms with Gasteiger partial charge in [-0.15, -0.1) is 0 Å². The Morgan fingerprint density at radius 1 is 1.17 bits per heavy atom. The van der Waals surface area contributed by atoms with Crippen LogP contribution in [0.3, 0.4) is 0 Å². The fraction of sp³-hybridized carbons (Fsp3) is 0.542. The maximum Gasteiger partial charge on any atom is 0.226 e. The van der Waals surface area contributed by atoms with Crippen LogP contribution in [0.2, 0.25) is 5.28 Å². The van der Waals surface area contributed by atoms with Gasteiger partial charge >= 0.3 is 0 Å². The number of benzene rings is 1. The van der Waals surface area contributed by atoms with Gasteiger partial charge in [-0.05, 0) is 55.5 Å². The second-order valence-electron chi connectivity index (χ2n) is 10.5. The fourth-order valence-corrected chi connectivity index (χ4v) is 6.42. The molecule has 3 aromatic rings. The van der Waals surface area contributed by atoms with Crippen LogP contribution in [0.1, 0.15) is 31.2 Å². The van der Waals surface area contributed by atoms with Crippen LogP contribution in [-0.4, -0.2) is 68.4 Å². The lowest BCUT2D eigenvalue weighted by molar-refractivity contribution is -0.199. The zero-order valence-corrected chi connectivity index (χ0v) is 20.1. The van der Waals surface area contributed by atoms with Crippen molar-refractivity contribution in [3.8, 4) is 0 Å². The number of hydrogen-bond acceptors (Lipinski definition) is 8. The number of rotatable bonds is 3. The monoisotopic (exact) mass is 501 g/mol. The average Bonchev–Trinajstić information content (AvgIpc) is 3.52. The van der Waals surface area contributed by atoms with Gasteiger partial charge in [0.2, 0.25) is 5.28 Å². The molecule has 35 heavy (non-hydrogen) atoms. The number of halogens is 2. The molecule has 3 saturated heterocycles. The Morgan fingerprint density at radius 2 is 1.97 bits per heavy atom. The Morgan fingerprint density at radius 3 is 2.74 bits per heavy atom. The molecule has 184 valence electrons. The minimum Gasteiger partial charge on any atom is -0.394 e. The van der Waals surface area contributed by atoms with Crippen molar-refractivity contribution in [2.24, 2.45) is 5.41 Å². The van der Waals surface area contributed by atoms with E-state index in [1.807, 2.05) is 19.9 Å². The molecule has 9 nitrogen and oxygen atoms in total. The van der Waals surface area contributed by atoms with Crippen LogP contribution in [0.5, 0.6) is 0 Å². The van der Waals surface area contributed by atoms with Gasteiger partial charge < -0.3 is 24.2 Å². The van der Waals surface area contributed by atoms with Crippen molar-refractivity contribution >= 4 is 28.6 Å². The van der Waals surface area contributed by atoms with Gasteiger partial charge in [-0.2, -0.15) is 9.97 Å². The van der Waals surface area contributed by atoms with Gasteiger partial charge in [-0.3, -0.25) is 4.57 Å². The van der Waals surface area contributed by atoms with Crippen molar-refractivity contribution in [3.63, 3.8) is 0 Å². The van der Waals surface area contributed by atoms with E-state index in [9.17, 15) is 9.50 Å². The van der Waals surface area contributed by atoms with Gasteiger partial charge in [0.25, 0.3) is 0 Å². The van der Waals surface area contributed by atoms with E-state index in [-0.39, 0.29) is 23.1 Å². The summed E-state index contributed by atoms with van der Waals surface area (Å²) in [5.74, 6) is -0.261. The molecular weight excluding hydrogens is 477 g/mol.